The van der Waals surface area contributed by atoms with Gasteiger partial charge in [0.25, 0.3) is 0 Å². The van der Waals surface area contributed by atoms with E-state index in [-0.39, 0.29) is 10.9 Å². The summed E-state index contributed by atoms with van der Waals surface area (Å²) in [5.74, 6) is -0.283. The second-order valence-corrected chi connectivity index (χ2v) is 8.64. The number of pyridine rings is 1. The van der Waals surface area contributed by atoms with Crippen LogP contribution in [0.4, 0.5) is 5.69 Å². The highest BCUT2D eigenvalue weighted by atomic mass is 35.5. The Hall–Kier alpha value is -1.63. The molecule has 0 aliphatic heterocycles. The van der Waals surface area contributed by atoms with Gasteiger partial charge in [-0.05, 0) is 43.7 Å². The number of sulfone groups is 1. The summed E-state index contributed by atoms with van der Waals surface area (Å²) in [4.78, 5) is 16.4. The number of anilines is 1. The standard InChI is InChI=1S/C16H16Cl2N2O3S/c1-16(2,10-4-6-12(17)13(18)8-10)15(21)20-11-5-7-14(19-9-11)24(3,22)23/h4-9H,1-3H3,(H,20,21). The summed E-state index contributed by atoms with van der Waals surface area (Å²) in [5.41, 5.74) is 0.236. The average molecular weight is 387 g/mol. The molecule has 0 saturated carbocycles. The number of nitrogens with zero attached hydrogens (tertiary/aromatic N) is 1. The van der Waals surface area contributed by atoms with E-state index in [0.29, 0.717) is 21.3 Å². The highest BCUT2D eigenvalue weighted by Crippen LogP contribution is 2.31. The van der Waals surface area contributed by atoms with E-state index in [1.807, 2.05) is 0 Å². The second-order valence-electron chi connectivity index (χ2n) is 5.87. The molecule has 0 fully saturated rings. The first-order valence-electron chi connectivity index (χ1n) is 6.95. The molecule has 8 heteroatoms. The van der Waals surface area contributed by atoms with Crippen molar-refractivity contribution in [1.29, 1.82) is 0 Å². The highest BCUT2D eigenvalue weighted by molar-refractivity contribution is 7.90. The van der Waals surface area contributed by atoms with Gasteiger partial charge in [-0.3, -0.25) is 4.79 Å². The Kier molecular flexibility index (Phi) is 5.22. The number of rotatable bonds is 4. The normalized spacial score (nSPS) is 12.0. The molecule has 0 bridgehead atoms. The van der Waals surface area contributed by atoms with E-state index < -0.39 is 15.3 Å². The average Bonchev–Trinajstić information content (AvgIpc) is 2.49. The molecule has 0 spiro atoms. The third-order valence-electron chi connectivity index (χ3n) is 3.58. The van der Waals surface area contributed by atoms with Gasteiger partial charge in [0.15, 0.2) is 14.9 Å². The number of aromatic nitrogens is 1. The predicted molar refractivity (Wildman–Crippen MR) is 95.5 cm³/mol. The zero-order valence-electron chi connectivity index (χ0n) is 13.3. The van der Waals surface area contributed by atoms with Crippen LogP contribution in [-0.2, 0) is 20.0 Å². The van der Waals surface area contributed by atoms with Crippen molar-refractivity contribution in [2.24, 2.45) is 0 Å². The Morgan fingerprint density at radius 3 is 2.29 bits per heavy atom. The molecule has 1 aromatic heterocycles. The van der Waals surface area contributed by atoms with Crippen molar-refractivity contribution in [3.05, 3.63) is 52.1 Å². The number of benzene rings is 1. The third kappa shape index (κ3) is 4.06. The van der Waals surface area contributed by atoms with Gasteiger partial charge in [-0.25, -0.2) is 13.4 Å². The van der Waals surface area contributed by atoms with E-state index in [9.17, 15) is 13.2 Å². The van der Waals surface area contributed by atoms with E-state index >= 15 is 0 Å². The van der Waals surface area contributed by atoms with Crippen molar-refractivity contribution in [2.75, 3.05) is 11.6 Å². The summed E-state index contributed by atoms with van der Waals surface area (Å²) in [7, 11) is -3.38. The molecule has 1 N–H and O–H groups in total. The van der Waals surface area contributed by atoms with Crippen molar-refractivity contribution in [3.63, 3.8) is 0 Å². The molecule has 2 aromatic rings. The fourth-order valence-corrected chi connectivity index (χ4v) is 2.83. The van der Waals surface area contributed by atoms with Crippen LogP contribution in [0.2, 0.25) is 10.0 Å². The quantitative estimate of drug-likeness (QED) is 0.868. The van der Waals surface area contributed by atoms with Crippen molar-refractivity contribution < 1.29 is 13.2 Å². The van der Waals surface area contributed by atoms with Crippen molar-refractivity contribution in [2.45, 2.75) is 24.3 Å². The fraction of sp³-hybridized carbons (Fsp3) is 0.250. The summed E-state index contributed by atoms with van der Waals surface area (Å²) in [6.07, 6.45) is 2.38. The molecule has 0 saturated heterocycles. The van der Waals surface area contributed by atoms with Crippen LogP contribution in [-0.4, -0.2) is 25.6 Å². The summed E-state index contributed by atoms with van der Waals surface area (Å²) in [5, 5.41) is 3.45. The van der Waals surface area contributed by atoms with Crippen LogP contribution in [0, 0.1) is 0 Å². The molecule has 0 atom stereocenters. The first kappa shape index (κ1) is 18.7. The molecule has 0 aliphatic rings. The van der Waals surface area contributed by atoms with Gasteiger partial charge in [-0.2, -0.15) is 0 Å². The second kappa shape index (κ2) is 6.70. The lowest BCUT2D eigenvalue weighted by atomic mass is 9.83. The van der Waals surface area contributed by atoms with E-state index in [0.717, 1.165) is 6.26 Å². The predicted octanol–water partition coefficient (Wildman–Crippen LogP) is 3.71. The number of hydrogen-bond acceptors (Lipinski definition) is 4. The molecule has 0 radical (unpaired) electrons. The Morgan fingerprint density at radius 1 is 1.12 bits per heavy atom. The van der Waals surface area contributed by atoms with Crippen LogP contribution in [0.5, 0.6) is 0 Å². The van der Waals surface area contributed by atoms with E-state index in [1.165, 1.54) is 18.3 Å². The molecule has 0 aliphatic carbocycles. The van der Waals surface area contributed by atoms with Gasteiger partial charge in [0, 0.05) is 6.26 Å². The topological polar surface area (TPSA) is 76.1 Å². The fourth-order valence-electron chi connectivity index (χ4n) is 1.98. The maximum atomic E-state index is 12.6. The van der Waals surface area contributed by atoms with E-state index in [1.54, 1.807) is 32.0 Å². The van der Waals surface area contributed by atoms with Gasteiger partial charge in [-0.1, -0.05) is 29.3 Å². The Labute approximate surface area is 150 Å². The molecule has 5 nitrogen and oxygen atoms in total. The Bertz CT molecular complexity index is 879. The lowest BCUT2D eigenvalue weighted by Gasteiger charge is -2.24. The smallest absolute Gasteiger partial charge is 0.234 e. The maximum Gasteiger partial charge on any atom is 0.234 e. The number of hydrogen-bond donors (Lipinski definition) is 1. The van der Waals surface area contributed by atoms with Crippen LogP contribution < -0.4 is 5.32 Å². The van der Waals surface area contributed by atoms with Crippen LogP contribution in [0.25, 0.3) is 0 Å². The molecule has 1 aromatic carbocycles. The SMILES string of the molecule is CC(C)(C(=O)Nc1ccc(S(C)(=O)=O)nc1)c1ccc(Cl)c(Cl)c1. The van der Waals surface area contributed by atoms with Gasteiger partial charge in [0.2, 0.25) is 5.91 Å². The molecular formula is C16H16Cl2N2O3S. The Balaban J connectivity index is 2.23. The largest absolute Gasteiger partial charge is 0.324 e. The lowest BCUT2D eigenvalue weighted by Crippen LogP contribution is -2.34. The minimum absolute atomic E-state index is 0.0516. The maximum absolute atomic E-state index is 12.6. The van der Waals surface area contributed by atoms with Crippen molar-refractivity contribution in [1.82, 2.24) is 4.98 Å². The lowest BCUT2D eigenvalue weighted by molar-refractivity contribution is -0.120. The number of halogens is 2. The van der Waals surface area contributed by atoms with Crippen LogP contribution >= 0.6 is 23.2 Å². The molecule has 1 heterocycles. The summed E-state index contributed by atoms with van der Waals surface area (Å²) < 4.78 is 22.8. The Morgan fingerprint density at radius 2 is 1.79 bits per heavy atom. The minimum atomic E-state index is -3.38. The van der Waals surface area contributed by atoms with Gasteiger partial charge in [-0.15, -0.1) is 0 Å². The van der Waals surface area contributed by atoms with Crippen LogP contribution in [0.3, 0.4) is 0 Å². The zero-order valence-corrected chi connectivity index (χ0v) is 15.6. The van der Waals surface area contributed by atoms with Crippen molar-refractivity contribution >= 4 is 44.6 Å². The number of amides is 1. The zero-order chi connectivity index (χ0) is 18.1. The van der Waals surface area contributed by atoms with Crippen LogP contribution in [0.1, 0.15) is 19.4 Å². The van der Waals surface area contributed by atoms with E-state index in [4.69, 9.17) is 23.2 Å². The van der Waals surface area contributed by atoms with Gasteiger partial charge in [0.1, 0.15) is 0 Å². The summed E-state index contributed by atoms with van der Waals surface area (Å²) in [6, 6.07) is 7.85. The highest BCUT2D eigenvalue weighted by Gasteiger charge is 2.30. The molecule has 1 amide bonds. The van der Waals surface area contributed by atoms with Gasteiger partial charge >= 0.3 is 0 Å². The first-order chi connectivity index (χ1) is 11.0. The molecular weight excluding hydrogens is 371 g/mol. The number of carbonyl (C=O) groups is 1. The van der Waals surface area contributed by atoms with Gasteiger partial charge < -0.3 is 5.32 Å². The minimum Gasteiger partial charge on any atom is -0.324 e. The van der Waals surface area contributed by atoms with Crippen molar-refractivity contribution in [3.8, 4) is 0 Å². The van der Waals surface area contributed by atoms with E-state index in [2.05, 4.69) is 10.3 Å². The third-order valence-corrected chi connectivity index (χ3v) is 5.32. The van der Waals surface area contributed by atoms with Gasteiger partial charge in [0.05, 0.1) is 27.3 Å². The molecule has 24 heavy (non-hydrogen) atoms. The molecule has 128 valence electrons. The number of carbonyl (C=O) groups excluding carboxylic acids is 1. The molecule has 0 unspecified atom stereocenters. The number of nitrogens with one attached hydrogen (secondary N) is 1. The monoisotopic (exact) mass is 386 g/mol. The first-order valence-corrected chi connectivity index (χ1v) is 9.59. The summed E-state index contributed by atoms with van der Waals surface area (Å²) >= 11 is 11.9. The molecule has 2 rings (SSSR count). The summed E-state index contributed by atoms with van der Waals surface area (Å²) in [6.45, 7) is 3.50. The van der Waals surface area contributed by atoms with Crippen LogP contribution in [0.15, 0.2) is 41.6 Å².